The lowest BCUT2D eigenvalue weighted by molar-refractivity contribution is 0.606. The lowest BCUT2D eigenvalue weighted by Gasteiger charge is -2.15. The molecule has 3 aromatic carbocycles. The van der Waals surface area contributed by atoms with Crippen molar-refractivity contribution in [1.82, 2.24) is 0 Å². The Labute approximate surface area is 153 Å². The van der Waals surface area contributed by atoms with Crippen molar-refractivity contribution in [3.05, 3.63) is 89.5 Å². The van der Waals surface area contributed by atoms with Gasteiger partial charge in [0.25, 0.3) is 0 Å². The van der Waals surface area contributed by atoms with Gasteiger partial charge in [-0.05, 0) is 41.8 Å². The molecular weight excluding hydrogens is 344 g/mol. The first kappa shape index (κ1) is 17.8. The van der Waals surface area contributed by atoms with Crippen LogP contribution in [0.2, 0.25) is 0 Å². The number of sulfone groups is 1. The summed E-state index contributed by atoms with van der Waals surface area (Å²) in [4.78, 5) is 0.112. The second-order valence-corrected chi connectivity index (χ2v) is 7.92. The molecule has 0 aliphatic carbocycles. The van der Waals surface area contributed by atoms with Crippen molar-refractivity contribution in [2.45, 2.75) is 11.8 Å². The highest BCUT2D eigenvalue weighted by Crippen LogP contribution is 2.36. The molecule has 132 valence electrons. The van der Waals surface area contributed by atoms with Crippen molar-refractivity contribution < 1.29 is 8.42 Å². The zero-order valence-corrected chi connectivity index (χ0v) is 15.2. The van der Waals surface area contributed by atoms with Crippen LogP contribution < -0.4 is 11.5 Å². The van der Waals surface area contributed by atoms with Crippen LogP contribution in [0.15, 0.2) is 77.7 Å². The van der Waals surface area contributed by atoms with E-state index < -0.39 is 9.84 Å². The van der Waals surface area contributed by atoms with E-state index in [1.54, 1.807) is 42.5 Å². The minimum absolute atomic E-state index is 0.0471. The highest BCUT2D eigenvalue weighted by Gasteiger charge is 2.27. The second kappa shape index (κ2) is 7.06. The molecule has 3 aromatic rings. The minimum Gasteiger partial charge on any atom is -0.398 e. The summed E-state index contributed by atoms with van der Waals surface area (Å²) in [6, 6.07) is 21.5. The highest BCUT2D eigenvalue weighted by molar-refractivity contribution is 8.01. The number of benzene rings is 3. The standard InChI is InChI=1S/C21H20N2O2S/c1-15-12-18(22)21(19(23)13-15)26(24,25)20(17-10-6-3-7-11-17)14-16-8-4-2-5-9-16/h2-14H,22-23H2,1H3. The summed E-state index contributed by atoms with van der Waals surface area (Å²) in [5.41, 5.74) is 14.5. The maximum atomic E-state index is 13.5. The molecule has 0 atom stereocenters. The Bertz CT molecular complexity index is 1030. The van der Waals surface area contributed by atoms with E-state index in [4.69, 9.17) is 11.5 Å². The molecule has 4 nitrogen and oxygen atoms in total. The Kier molecular flexibility index (Phi) is 4.82. The first-order chi connectivity index (χ1) is 12.4. The van der Waals surface area contributed by atoms with Gasteiger partial charge >= 0.3 is 0 Å². The van der Waals surface area contributed by atoms with Gasteiger partial charge in [0.05, 0.1) is 16.3 Å². The van der Waals surface area contributed by atoms with Crippen LogP contribution in [-0.4, -0.2) is 8.42 Å². The van der Waals surface area contributed by atoms with Gasteiger partial charge in [-0.1, -0.05) is 60.7 Å². The molecular formula is C21H20N2O2S. The zero-order chi connectivity index (χ0) is 18.7. The van der Waals surface area contributed by atoms with Crippen LogP contribution in [0.25, 0.3) is 11.0 Å². The molecule has 0 heterocycles. The van der Waals surface area contributed by atoms with Crippen LogP contribution in [0.3, 0.4) is 0 Å². The van der Waals surface area contributed by atoms with E-state index in [1.807, 2.05) is 43.3 Å². The third-order valence-electron chi connectivity index (χ3n) is 4.00. The normalized spacial score (nSPS) is 12.1. The van der Waals surface area contributed by atoms with Crippen LogP contribution >= 0.6 is 0 Å². The Hall–Kier alpha value is -3.05. The summed E-state index contributed by atoms with van der Waals surface area (Å²) in [5.74, 6) is 0. The molecule has 0 fully saturated rings. The average Bonchev–Trinajstić information content (AvgIpc) is 2.60. The van der Waals surface area contributed by atoms with Crippen molar-refractivity contribution in [1.29, 1.82) is 0 Å². The van der Waals surface area contributed by atoms with Gasteiger partial charge in [0.1, 0.15) is 4.90 Å². The fraction of sp³-hybridized carbons (Fsp3) is 0.0476. The number of rotatable bonds is 4. The predicted molar refractivity (Wildman–Crippen MR) is 108 cm³/mol. The fourth-order valence-corrected chi connectivity index (χ4v) is 4.57. The van der Waals surface area contributed by atoms with E-state index in [9.17, 15) is 8.42 Å². The molecule has 0 radical (unpaired) electrons. The fourth-order valence-electron chi connectivity index (χ4n) is 2.87. The average molecular weight is 364 g/mol. The summed E-state index contributed by atoms with van der Waals surface area (Å²) in [7, 11) is -3.92. The smallest absolute Gasteiger partial charge is 0.211 e. The molecule has 0 saturated carbocycles. The van der Waals surface area contributed by atoms with Crippen LogP contribution in [-0.2, 0) is 9.84 Å². The van der Waals surface area contributed by atoms with Crippen molar-refractivity contribution in [2.24, 2.45) is 0 Å². The molecule has 4 N–H and O–H groups in total. The first-order valence-corrected chi connectivity index (χ1v) is 9.61. The third-order valence-corrected chi connectivity index (χ3v) is 5.95. The molecule has 0 unspecified atom stereocenters. The van der Waals surface area contributed by atoms with Gasteiger partial charge < -0.3 is 11.5 Å². The molecule has 3 rings (SSSR count). The lowest BCUT2D eigenvalue weighted by atomic mass is 10.1. The maximum absolute atomic E-state index is 13.5. The van der Waals surface area contributed by atoms with E-state index in [-0.39, 0.29) is 21.2 Å². The second-order valence-electron chi connectivity index (χ2n) is 6.06. The SMILES string of the molecule is Cc1cc(N)c(S(=O)(=O)C(=Cc2ccccc2)c2ccccc2)c(N)c1. The minimum atomic E-state index is -3.92. The van der Waals surface area contributed by atoms with Gasteiger partial charge in [-0.3, -0.25) is 0 Å². The van der Waals surface area contributed by atoms with Crippen LogP contribution in [0.4, 0.5) is 11.4 Å². The highest BCUT2D eigenvalue weighted by atomic mass is 32.2. The van der Waals surface area contributed by atoms with Gasteiger partial charge in [-0.2, -0.15) is 0 Å². The molecule has 0 aromatic heterocycles. The van der Waals surface area contributed by atoms with Gasteiger partial charge in [0.15, 0.2) is 0 Å². The van der Waals surface area contributed by atoms with E-state index in [2.05, 4.69) is 0 Å². The number of nitrogen functional groups attached to an aromatic ring is 2. The molecule has 5 heteroatoms. The monoisotopic (exact) mass is 364 g/mol. The Balaban J connectivity index is 2.27. The van der Waals surface area contributed by atoms with Crippen molar-refractivity contribution in [3.63, 3.8) is 0 Å². The molecule has 26 heavy (non-hydrogen) atoms. The van der Waals surface area contributed by atoms with E-state index in [1.165, 1.54) is 0 Å². The van der Waals surface area contributed by atoms with Crippen LogP contribution in [0.1, 0.15) is 16.7 Å². The van der Waals surface area contributed by atoms with Gasteiger partial charge in [0, 0.05) is 0 Å². The predicted octanol–water partition coefficient (Wildman–Crippen LogP) is 4.13. The van der Waals surface area contributed by atoms with Crippen molar-refractivity contribution in [2.75, 3.05) is 11.5 Å². The molecule has 0 spiro atoms. The van der Waals surface area contributed by atoms with Crippen LogP contribution in [0.5, 0.6) is 0 Å². The molecule has 0 amide bonds. The summed E-state index contributed by atoms with van der Waals surface area (Å²) in [6.45, 7) is 1.82. The summed E-state index contributed by atoms with van der Waals surface area (Å²) < 4.78 is 26.9. The third kappa shape index (κ3) is 3.48. The topological polar surface area (TPSA) is 86.2 Å². The molecule has 0 aliphatic heterocycles. The summed E-state index contributed by atoms with van der Waals surface area (Å²) in [6.07, 6.45) is 1.64. The summed E-state index contributed by atoms with van der Waals surface area (Å²) >= 11 is 0. The number of anilines is 2. The quantitative estimate of drug-likeness (QED) is 0.538. The van der Waals surface area contributed by atoms with E-state index in [0.29, 0.717) is 5.56 Å². The Morgan fingerprint density at radius 3 is 1.88 bits per heavy atom. The van der Waals surface area contributed by atoms with Crippen LogP contribution in [0, 0.1) is 6.92 Å². The Morgan fingerprint density at radius 2 is 1.35 bits per heavy atom. The number of hydrogen-bond acceptors (Lipinski definition) is 4. The summed E-state index contributed by atoms with van der Waals surface area (Å²) in [5, 5.41) is 0. The molecule has 0 bridgehead atoms. The van der Waals surface area contributed by atoms with Crippen molar-refractivity contribution >= 4 is 32.2 Å². The Morgan fingerprint density at radius 1 is 0.846 bits per heavy atom. The van der Waals surface area contributed by atoms with Gasteiger partial charge in [0.2, 0.25) is 9.84 Å². The lowest BCUT2D eigenvalue weighted by Crippen LogP contribution is -2.11. The van der Waals surface area contributed by atoms with E-state index >= 15 is 0 Å². The molecule has 0 aliphatic rings. The largest absolute Gasteiger partial charge is 0.398 e. The molecule has 0 saturated heterocycles. The first-order valence-electron chi connectivity index (χ1n) is 8.12. The van der Waals surface area contributed by atoms with Crippen molar-refractivity contribution in [3.8, 4) is 0 Å². The van der Waals surface area contributed by atoms with Gasteiger partial charge in [-0.15, -0.1) is 0 Å². The zero-order valence-electron chi connectivity index (χ0n) is 14.4. The number of aryl methyl sites for hydroxylation is 1. The maximum Gasteiger partial charge on any atom is 0.211 e. The number of hydrogen-bond donors (Lipinski definition) is 2. The number of nitrogens with two attached hydrogens (primary N) is 2. The van der Waals surface area contributed by atoms with E-state index in [0.717, 1.165) is 11.1 Å². The van der Waals surface area contributed by atoms with Gasteiger partial charge in [-0.25, -0.2) is 8.42 Å².